The third kappa shape index (κ3) is 2.42. The van der Waals surface area contributed by atoms with Crippen LogP contribution < -0.4 is 5.32 Å². The summed E-state index contributed by atoms with van der Waals surface area (Å²) in [7, 11) is 0. The van der Waals surface area contributed by atoms with Crippen LogP contribution in [0.3, 0.4) is 0 Å². The van der Waals surface area contributed by atoms with E-state index in [1.54, 1.807) is 6.20 Å². The molecule has 1 unspecified atom stereocenters. The Labute approximate surface area is 111 Å². The molecule has 19 heavy (non-hydrogen) atoms. The molecule has 3 aromatic heterocycles. The van der Waals surface area contributed by atoms with Crippen molar-refractivity contribution in [2.45, 2.75) is 26.4 Å². The Morgan fingerprint density at radius 2 is 2.21 bits per heavy atom. The summed E-state index contributed by atoms with van der Waals surface area (Å²) in [5.74, 6) is 0.647. The lowest BCUT2D eigenvalue weighted by molar-refractivity contribution is 0.558. The van der Waals surface area contributed by atoms with E-state index in [0.29, 0.717) is 5.95 Å². The van der Waals surface area contributed by atoms with Crippen LogP contribution in [0.25, 0.3) is 5.65 Å². The summed E-state index contributed by atoms with van der Waals surface area (Å²) in [5.41, 5.74) is 1.92. The Bertz CT molecular complexity index is 670. The van der Waals surface area contributed by atoms with Crippen LogP contribution in [0.1, 0.15) is 12.6 Å². The van der Waals surface area contributed by atoms with E-state index < -0.39 is 0 Å². The molecule has 0 aromatic carbocycles. The van der Waals surface area contributed by atoms with Crippen LogP contribution in [0, 0.1) is 6.92 Å². The normalized spacial score (nSPS) is 12.7. The summed E-state index contributed by atoms with van der Waals surface area (Å²) in [5, 5.41) is 11.9. The van der Waals surface area contributed by atoms with Crippen LogP contribution in [0.4, 0.5) is 5.95 Å². The highest BCUT2D eigenvalue weighted by Crippen LogP contribution is 2.09. The Balaban J connectivity index is 1.76. The monoisotopic (exact) mass is 256 g/mol. The van der Waals surface area contributed by atoms with Crippen LogP contribution in [0.2, 0.25) is 0 Å². The van der Waals surface area contributed by atoms with Crippen molar-refractivity contribution in [2.24, 2.45) is 0 Å². The van der Waals surface area contributed by atoms with Crippen molar-refractivity contribution in [3.63, 3.8) is 0 Å². The second kappa shape index (κ2) is 4.72. The van der Waals surface area contributed by atoms with Gasteiger partial charge in [-0.3, -0.25) is 4.68 Å². The molecule has 0 amide bonds. The fourth-order valence-electron chi connectivity index (χ4n) is 2.05. The van der Waals surface area contributed by atoms with E-state index in [0.717, 1.165) is 17.9 Å². The molecule has 0 spiro atoms. The highest BCUT2D eigenvalue weighted by atomic mass is 15.4. The number of nitrogens with one attached hydrogen (secondary N) is 1. The van der Waals surface area contributed by atoms with Gasteiger partial charge in [0.1, 0.15) is 0 Å². The Morgan fingerprint density at radius 1 is 1.32 bits per heavy atom. The standard InChI is InChI=1S/C13H16N6/c1-10(9-18-8-4-7-14-18)15-13-16-12-6-3-5-11(2)19(12)17-13/h3-8,10H,9H2,1-2H3,(H,15,17). The smallest absolute Gasteiger partial charge is 0.243 e. The van der Waals surface area contributed by atoms with Gasteiger partial charge in [0.25, 0.3) is 0 Å². The Kier molecular flexibility index (Phi) is 2.91. The van der Waals surface area contributed by atoms with Gasteiger partial charge in [-0.15, -0.1) is 5.10 Å². The van der Waals surface area contributed by atoms with Crippen molar-refractivity contribution >= 4 is 11.6 Å². The van der Waals surface area contributed by atoms with Crippen molar-refractivity contribution in [1.82, 2.24) is 24.4 Å². The van der Waals surface area contributed by atoms with E-state index in [1.807, 2.05) is 46.6 Å². The molecule has 1 N–H and O–H groups in total. The fraction of sp³-hybridized carbons (Fsp3) is 0.308. The first-order chi connectivity index (χ1) is 9.22. The number of pyridine rings is 1. The SMILES string of the molecule is Cc1cccc2nc(NC(C)Cn3cccn3)nn12. The minimum atomic E-state index is 0.206. The highest BCUT2D eigenvalue weighted by Gasteiger charge is 2.08. The third-order valence-corrected chi connectivity index (χ3v) is 2.94. The number of nitrogens with zero attached hydrogens (tertiary/aromatic N) is 5. The summed E-state index contributed by atoms with van der Waals surface area (Å²) in [6.45, 7) is 4.88. The Morgan fingerprint density at radius 3 is 2.95 bits per heavy atom. The van der Waals surface area contributed by atoms with E-state index >= 15 is 0 Å². The molecule has 0 aliphatic heterocycles. The maximum Gasteiger partial charge on any atom is 0.243 e. The molecular formula is C13H16N6. The van der Waals surface area contributed by atoms with Gasteiger partial charge in [-0.25, -0.2) is 4.52 Å². The van der Waals surface area contributed by atoms with Gasteiger partial charge < -0.3 is 5.32 Å². The number of rotatable bonds is 4. The van der Waals surface area contributed by atoms with E-state index in [9.17, 15) is 0 Å². The fourth-order valence-corrected chi connectivity index (χ4v) is 2.05. The molecule has 3 heterocycles. The van der Waals surface area contributed by atoms with Crippen molar-refractivity contribution in [3.8, 4) is 0 Å². The molecule has 98 valence electrons. The molecular weight excluding hydrogens is 240 g/mol. The molecule has 0 aliphatic rings. The zero-order chi connectivity index (χ0) is 13.2. The number of fused-ring (bicyclic) bond motifs is 1. The molecule has 3 rings (SSSR count). The molecule has 0 aliphatic carbocycles. The second-order valence-corrected chi connectivity index (χ2v) is 4.65. The average molecular weight is 256 g/mol. The van der Waals surface area contributed by atoms with Gasteiger partial charge in [0.05, 0.1) is 6.54 Å². The molecule has 6 nitrogen and oxygen atoms in total. The van der Waals surface area contributed by atoms with E-state index in [-0.39, 0.29) is 6.04 Å². The van der Waals surface area contributed by atoms with Gasteiger partial charge in [0.15, 0.2) is 5.65 Å². The van der Waals surface area contributed by atoms with E-state index in [1.165, 1.54) is 0 Å². The molecule has 0 radical (unpaired) electrons. The molecule has 0 saturated carbocycles. The molecule has 6 heteroatoms. The van der Waals surface area contributed by atoms with Gasteiger partial charge in [0.2, 0.25) is 5.95 Å². The lowest BCUT2D eigenvalue weighted by Crippen LogP contribution is -2.22. The minimum absolute atomic E-state index is 0.206. The summed E-state index contributed by atoms with van der Waals surface area (Å²) in [4.78, 5) is 4.45. The van der Waals surface area contributed by atoms with Gasteiger partial charge in [-0.2, -0.15) is 10.1 Å². The van der Waals surface area contributed by atoms with Crippen LogP contribution in [-0.4, -0.2) is 30.4 Å². The van der Waals surface area contributed by atoms with Crippen molar-refractivity contribution in [3.05, 3.63) is 42.4 Å². The lowest BCUT2D eigenvalue weighted by Gasteiger charge is -2.11. The van der Waals surface area contributed by atoms with Crippen LogP contribution >= 0.6 is 0 Å². The summed E-state index contributed by atoms with van der Waals surface area (Å²) in [6.07, 6.45) is 3.72. The number of hydrogen-bond acceptors (Lipinski definition) is 4. The maximum atomic E-state index is 4.45. The number of aromatic nitrogens is 5. The van der Waals surface area contributed by atoms with Crippen LogP contribution in [-0.2, 0) is 6.54 Å². The topological polar surface area (TPSA) is 60.0 Å². The van der Waals surface area contributed by atoms with Crippen molar-refractivity contribution in [1.29, 1.82) is 0 Å². The first kappa shape index (κ1) is 11.7. The highest BCUT2D eigenvalue weighted by molar-refractivity contribution is 5.44. The molecule has 3 aromatic rings. The maximum absolute atomic E-state index is 4.45. The van der Waals surface area contributed by atoms with Gasteiger partial charge in [-0.05, 0) is 32.0 Å². The minimum Gasteiger partial charge on any atom is -0.349 e. The predicted octanol–water partition coefficient (Wildman–Crippen LogP) is 1.73. The largest absolute Gasteiger partial charge is 0.349 e. The number of anilines is 1. The van der Waals surface area contributed by atoms with Crippen LogP contribution in [0.5, 0.6) is 0 Å². The molecule has 0 saturated heterocycles. The number of aryl methyl sites for hydroxylation is 1. The Hall–Kier alpha value is -2.37. The zero-order valence-corrected chi connectivity index (χ0v) is 11.0. The first-order valence-electron chi connectivity index (χ1n) is 6.29. The summed E-state index contributed by atoms with van der Waals surface area (Å²) >= 11 is 0. The zero-order valence-electron chi connectivity index (χ0n) is 11.0. The molecule has 1 atom stereocenters. The predicted molar refractivity (Wildman–Crippen MR) is 73.0 cm³/mol. The third-order valence-electron chi connectivity index (χ3n) is 2.94. The lowest BCUT2D eigenvalue weighted by atomic mass is 10.3. The van der Waals surface area contributed by atoms with Crippen LogP contribution in [0.15, 0.2) is 36.7 Å². The van der Waals surface area contributed by atoms with Gasteiger partial charge in [0, 0.05) is 24.1 Å². The quantitative estimate of drug-likeness (QED) is 0.772. The van der Waals surface area contributed by atoms with E-state index in [4.69, 9.17) is 0 Å². The van der Waals surface area contributed by atoms with Crippen molar-refractivity contribution in [2.75, 3.05) is 5.32 Å². The first-order valence-corrected chi connectivity index (χ1v) is 6.29. The summed E-state index contributed by atoms with van der Waals surface area (Å²) in [6, 6.07) is 8.06. The summed E-state index contributed by atoms with van der Waals surface area (Å²) < 4.78 is 3.72. The van der Waals surface area contributed by atoms with Gasteiger partial charge in [-0.1, -0.05) is 6.07 Å². The van der Waals surface area contributed by atoms with Gasteiger partial charge >= 0.3 is 0 Å². The van der Waals surface area contributed by atoms with Crippen molar-refractivity contribution < 1.29 is 0 Å². The number of hydrogen-bond donors (Lipinski definition) is 1. The molecule has 0 fully saturated rings. The van der Waals surface area contributed by atoms with E-state index in [2.05, 4.69) is 27.4 Å². The average Bonchev–Trinajstić information content (AvgIpc) is 2.98. The second-order valence-electron chi connectivity index (χ2n) is 4.65. The molecule has 0 bridgehead atoms.